The largest absolute Gasteiger partial charge is 0.399 e. The van der Waals surface area contributed by atoms with Gasteiger partial charge in [0.05, 0.1) is 32.1 Å². The molecule has 0 heterocycles. The highest BCUT2D eigenvalue weighted by Gasteiger charge is 1.97. The molecule has 0 aromatic heterocycles. The van der Waals surface area contributed by atoms with E-state index >= 15 is 0 Å². The normalized spacial score (nSPS) is 11.5. The Labute approximate surface area is 88.4 Å². The second-order valence-electron chi connectivity index (χ2n) is 2.93. The van der Waals surface area contributed by atoms with Crippen LogP contribution in [0.3, 0.4) is 0 Å². The quantitative estimate of drug-likeness (QED) is 0.209. The van der Waals surface area contributed by atoms with Gasteiger partial charge in [-0.2, -0.15) is 0 Å². The molecule has 0 rings (SSSR count). The zero-order valence-corrected chi connectivity index (χ0v) is 8.56. The van der Waals surface area contributed by atoms with Crippen molar-refractivity contribution in [2.45, 2.75) is 6.42 Å². The van der Waals surface area contributed by atoms with Crippen LogP contribution in [0.4, 0.5) is 0 Å². The van der Waals surface area contributed by atoms with Crippen LogP contribution < -0.4 is 17.3 Å². The lowest BCUT2D eigenvalue weighted by molar-refractivity contribution is -0.119. The van der Waals surface area contributed by atoms with Gasteiger partial charge in [-0.25, -0.2) is 5.84 Å². The minimum atomic E-state index is -0.418. The highest BCUT2D eigenvalue weighted by Crippen LogP contribution is 1.90. The molecule has 0 aliphatic carbocycles. The van der Waals surface area contributed by atoms with Crippen molar-refractivity contribution >= 4 is 5.91 Å². The number of hydrogen-bond acceptors (Lipinski definition) is 6. The lowest BCUT2D eigenvalue weighted by Gasteiger charge is -2.13. The Morgan fingerprint density at radius 2 is 2.13 bits per heavy atom. The van der Waals surface area contributed by atoms with E-state index in [1.165, 1.54) is 11.2 Å². The number of hydrazine groups is 1. The Hall–Kier alpha value is -1.31. The summed E-state index contributed by atoms with van der Waals surface area (Å²) >= 11 is 0. The Morgan fingerprint density at radius 3 is 2.67 bits per heavy atom. The number of nitrogens with zero attached hydrogens (tertiary/aromatic N) is 1. The maximum absolute atomic E-state index is 10.3. The van der Waals surface area contributed by atoms with E-state index in [9.17, 15) is 4.79 Å². The van der Waals surface area contributed by atoms with Crippen LogP contribution in [0, 0.1) is 0 Å². The lowest BCUT2D eigenvalue weighted by Crippen LogP contribution is -2.30. The van der Waals surface area contributed by atoms with Crippen LogP contribution in [0.15, 0.2) is 11.9 Å². The molecule has 0 saturated heterocycles. The van der Waals surface area contributed by atoms with Crippen LogP contribution in [0.25, 0.3) is 0 Å². The molecule has 0 aliphatic rings. The van der Waals surface area contributed by atoms with Gasteiger partial charge in [0, 0.05) is 12.6 Å². The predicted molar refractivity (Wildman–Crippen MR) is 54.9 cm³/mol. The molecule has 0 aliphatic heterocycles. The molecule has 7 N–H and O–H groups in total. The van der Waals surface area contributed by atoms with Gasteiger partial charge in [0.15, 0.2) is 0 Å². The topological polar surface area (TPSA) is 128 Å². The second-order valence-corrected chi connectivity index (χ2v) is 2.93. The maximum Gasteiger partial charge on any atom is 0.219 e. The fraction of sp³-hybridized carbons (Fsp3) is 0.625. The van der Waals surface area contributed by atoms with Gasteiger partial charge in [0.25, 0.3) is 0 Å². The molecule has 0 bridgehead atoms. The predicted octanol–water partition coefficient (Wildman–Crippen LogP) is -2.15. The van der Waals surface area contributed by atoms with E-state index in [2.05, 4.69) is 0 Å². The molecule has 0 aromatic rings. The molecule has 15 heavy (non-hydrogen) atoms. The number of nitrogens with two attached hydrogens (primary N) is 3. The van der Waals surface area contributed by atoms with E-state index in [1.54, 1.807) is 0 Å². The molecular formula is C8H18N4O3. The van der Waals surface area contributed by atoms with Gasteiger partial charge >= 0.3 is 0 Å². The first-order valence-corrected chi connectivity index (χ1v) is 4.50. The van der Waals surface area contributed by atoms with Crippen LogP contribution >= 0.6 is 0 Å². The number of amides is 1. The molecule has 0 radical (unpaired) electrons. The number of hydrogen-bond donors (Lipinski definition) is 4. The third-order valence-electron chi connectivity index (χ3n) is 1.45. The number of aliphatic hydroxyl groups is 1. The van der Waals surface area contributed by atoms with E-state index in [0.717, 1.165) is 0 Å². The first-order valence-electron chi connectivity index (χ1n) is 4.50. The van der Waals surface area contributed by atoms with Crippen molar-refractivity contribution in [3.8, 4) is 0 Å². The summed E-state index contributed by atoms with van der Waals surface area (Å²) in [5.41, 5.74) is 10.9. The van der Waals surface area contributed by atoms with Gasteiger partial charge < -0.3 is 26.3 Å². The molecule has 0 saturated carbocycles. The average molecular weight is 218 g/mol. The number of rotatable bonds is 8. The third kappa shape index (κ3) is 9.01. The molecule has 7 heteroatoms. The van der Waals surface area contributed by atoms with Gasteiger partial charge in [0.2, 0.25) is 5.91 Å². The summed E-state index contributed by atoms with van der Waals surface area (Å²) in [5.74, 6) is 5.01. The van der Waals surface area contributed by atoms with Gasteiger partial charge in [-0.05, 0) is 0 Å². The van der Waals surface area contributed by atoms with Crippen LogP contribution in [0.5, 0.6) is 0 Å². The summed E-state index contributed by atoms with van der Waals surface area (Å²) in [6, 6.07) is 0. The van der Waals surface area contributed by atoms with Crippen LogP contribution in [-0.4, -0.2) is 42.4 Å². The highest BCUT2D eigenvalue weighted by molar-refractivity contribution is 5.73. The zero-order chi connectivity index (χ0) is 11.7. The second kappa shape index (κ2) is 8.04. The van der Waals surface area contributed by atoms with E-state index in [4.69, 9.17) is 27.2 Å². The van der Waals surface area contributed by atoms with Crippen molar-refractivity contribution in [3.63, 3.8) is 0 Å². The standard InChI is InChI=1S/C8H18N4O3/c9-7(5-12(11)2-3-13)6-15-4-1-8(10)14/h5,13H,1-4,6,9,11H2,(H2,10,14)/b7-5-. The molecule has 1 amide bonds. The van der Waals surface area contributed by atoms with Crippen LogP contribution in [-0.2, 0) is 9.53 Å². The Kier molecular flexibility index (Phi) is 7.33. The third-order valence-corrected chi connectivity index (χ3v) is 1.45. The number of primary amides is 1. The maximum atomic E-state index is 10.3. The minimum Gasteiger partial charge on any atom is -0.399 e. The van der Waals surface area contributed by atoms with Crippen LogP contribution in [0.2, 0.25) is 0 Å². The number of carbonyl (C=O) groups excluding carboxylic acids is 1. The highest BCUT2D eigenvalue weighted by atomic mass is 16.5. The van der Waals surface area contributed by atoms with Gasteiger partial charge in [0.1, 0.15) is 0 Å². The van der Waals surface area contributed by atoms with Crippen molar-refractivity contribution < 1.29 is 14.6 Å². The molecule has 7 nitrogen and oxygen atoms in total. The van der Waals surface area contributed by atoms with Gasteiger partial charge in [-0.3, -0.25) is 4.79 Å². The summed E-state index contributed by atoms with van der Waals surface area (Å²) in [6.07, 6.45) is 1.62. The Morgan fingerprint density at radius 1 is 1.47 bits per heavy atom. The summed E-state index contributed by atoms with van der Waals surface area (Å²) in [5, 5.41) is 9.81. The molecule has 0 unspecified atom stereocenters. The summed E-state index contributed by atoms with van der Waals surface area (Å²) in [7, 11) is 0. The molecule has 0 spiro atoms. The smallest absolute Gasteiger partial charge is 0.219 e. The van der Waals surface area contributed by atoms with Crippen molar-refractivity contribution in [1.82, 2.24) is 5.01 Å². The summed E-state index contributed by atoms with van der Waals surface area (Å²) in [6.45, 7) is 0.644. The lowest BCUT2D eigenvalue weighted by atomic mass is 10.4. The molecular weight excluding hydrogens is 200 g/mol. The Balaban J connectivity index is 3.63. The van der Waals surface area contributed by atoms with E-state index in [0.29, 0.717) is 12.2 Å². The molecule has 88 valence electrons. The van der Waals surface area contributed by atoms with Gasteiger partial charge in [-0.1, -0.05) is 0 Å². The summed E-state index contributed by atoms with van der Waals surface area (Å²) < 4.78 is 5.05. The fourth-order valence-electron chi connectivity index (χ4n) is 0.793. The summed E-state index contributed by atoms with van der Waals surface area (Å²) in [4.78, 5) is 10.3. The fourth-order valence-corrected chi connectivity index (χ4v) is 0.793. The zero-order valence-electron chi connectivity index (χ0n) is 8.56. The van der Waals surface area contributed by atoms with Crippen LogP contribution in [0.1, 0.15) is 6.42 Å². The molecule has 0 fully saturated rings. The average Bonchev–Trinajstić information content (AvgIpc) is 2.12. The minimum absolute atomic E-state index is 0.0528. The van der Waals surface area contributed by atoms with Crippen molar-refractivity contribution in [3.05, 3.63) is 11.9 Å². The van der Waals surface area contributed by atoms with E-state index < -0.39 is 5.91 Å². The van der Waals surface area contributed by atoms with Crippen molar-refractivity contribution in [2.75, 3.05) is 26.4 Å². The van der Waals surface area contributed by atoms with Crippen molar-refractivity contribution in [1.29, 1.82) is 0 Å². The number of ether oxygens (including phenoxy) is 1. The molecule has 0 atom stereocenters. The number of carbonyl (C=O) groups is 1. The first-order chi connectivity index (χ1) is 7.06. The van der Waals surface area contributed by atoms with Gasteiger partial charge in [-0.15, -0.1) is 0 Å². The van der Waals surface area contributed by atoms with E-state index in [1.807, 2.05) is 0 Å². The molecule has 0 aromatic carbocycles. The number of aliphatic hydroxyl groups excluding tert-OH is 1. The SMILES string of the molecule is NC(=O)CCOC/C(N)=C/N(N)CCO. The monoisotopic (exact) mass is 218 g/mol. The van der Waals surface area contributed by atoms with E-state index in [-0.39, 0.29) is 26.2 Å². The Bertz CT molecular complexity index is 220. The first kappa shape index (κ1) is 13.7. The van der Waals surface area contributed by atoms with Crippen molar-refractivity contribution in [2.24, 2.45) is 17.3 Å².